The minimum Gasteiger partial charge on any atom is -0.459 e. The van der Waals surface area contributed by atoms with Crippen LogP contribution in [0.5, 0.6) is 0 Å². The summed E-state index contributed by atoms with van der Waals surface area (Å²) < 4.78 is 21.4. The summed E-state index contributed by atoms with van der Waals surface area (Å²) in [5, 5.41) is 12.4. The molecule has 1 aromatic carbocycles. The summed E-state index contributed by atoms with van der Waals surface area (Å²) in [7, 11) is 1.76. The average molecular weight is 525 g/mol. The molecule has 0 saturated heterocycles. The normalized spacial score (nSPS) is 16.5. The quantitative estimate of drug-likeness (QED) is 0.299. The number of benzene rings is 1. The molecule has 0 aliphatic heterocycles. The van der Waals surface area contributed by atoms with Crippen molar-refractivity contribution in [3.05, 3.63) is 52.8 Å². The lowest BCUT2D eigenvalue weighted by Gasteiger charge is -2.24. The number of nitrogens with one attached hydrogen (secondary N) is 2. The second kappa shape index (κ2) is 9.36. The van der Waals surface area contributed by atoms with Crippen LogP contribution in [-0.4, -0.2) is 28.8 Å². The van der Waals surface area contributed by atoms with Crippen molar-refractivity contribution in [3.8, 4) is 0 Å². The molecular formula is C22H29FIN5O. The van der Waals surface area contributed by atoms with Crippen molar-refractivity contribution in [1.82, 2.24) is 20.4 Å². The van der Waals surface area contributed by atoms with Gasteiger partial charge in [0, 0.05) is 42.7 Å². The Kier molecular flexibility index (Phi) is 7.05. The van der Waals surface area contributed by atoms with E-state index in [1.807, 2.05) is 11.6 Å². The van der Waals surface area contributed by atoms with Crippen LogP contribution < -0.4 is 10.6 Å². The van der Waals surface area contributed by atoms with E-state index >= 15 is 0 Å². The third-order valence-corrected chi connectivity index (χ3v) is 5.60. The van der Waals surface area contributed by atoms with Gasteiger partial charge in [-0.15, -0.1) is 24.0 Å². The van der Waals surface area contributed by atoms with Gasteiger partial charge in [0.05, 0.1) is 12.2 Å². The molecule has 1 aliphatic rings. The molecule has 1 aliphatic carbocycles. The summed E-state index contributed by atoms with van der Waals surface area (Å²) in [5.74, 6) is 1.26. The molecule has 0 bridgehead atoms. The van der Waals surface area contributed by atoms with Crippen LogP contribution in [-0.2, 0) is 19.4 Å². The van der Waals surface area contributed by atoms with E-state index in [1.54, 1.807) is 13.1 Å². The summed E-state index contributed by atoms with van der Waals surface area (Å²) in [5.41, 5.74) is 4.17. The molecule has 0 fully saturated rings. The predicted molar refractivity (Wildman–Crippen MR) is 128 cm³/mol. The molecule has 0 saturated carbocycles. The Morgan fingerprint density at radius 1 is 1.40 bits per heavy atom. The first kappa shape index (κ1) is 22.6. The molecule has 162 valence electrons. The number of furan rings is 1. The van der Waals surface area contributed by atoms with Crippen molar-refractivity contribution in [3.63, 3.8) is 0 Å². The highest BCUT2D eigenvalue weighted by Crippen LogP contribution is 2.26. The standard InChI is InChI=1S/C22H28FN5O.HI/c1-13(2)28-12-15-5-7-17(10-19(15)27-28)26-22(24-4)25-11-21-14(3)18-9-16(23)6-8-20(18)29-21;/h6,8-9,12-13,17H,5,7,10-11H2,1-4H3,(H2,24,25,26);1H. The van der Waals surface area contributed by atoms with Crippen molar-refractivity contribution in [1.29, 1.82) is 0 Å². The molecule has 3 aromatic rings. The summed E-state index contributed by atoms with van der Waals surface area (Å²) in [6.45, 7) is 6.73. The number of hydrogen-bond donors (Lipinski definition) is 2. The molecule has 1 atom stereocenters. The molecule has 0 amide bonds. The van der Waals surface area contributed by atoms with Crippen molar-refractivity contribution in [2.45, 2.75) is 58.7 Å². The Hall–Kier alpha value is -2.10. The fourth-order valence-electron chi connectivity index (χ4n) is 3.86. The third kappa shape index (κ3) is 4.63. The van der Waals surface area contributed by atoms with E-state index in [0.29, 0.717) is 18.2 Å². The number of nitrogens with zero attached hydrogens (tertiary/aromatic N) is 3. The molecule has 2 aromatic heterocycles. The molecule has 4 rings (SSSR count). The highest BCUT2D eigenvalue weighted by atomic mass is 127. The summed E-state index contributed by atoms with van der Waals surface area (Å²) in [6.07, 6.45) is 5.13. The van der Waals surface area contributed by atoms with Crippen LogP contribution in [0.3, 0.4) is 0 Å². The van der Waals surface area contributed by atoms with E-state index in [9.17, 15) is 4.39 Å². The smallest absolute Gasteiger partial charge is 0.191 e. The van der Waals surface area contributed by atoms with Crippen LogP contribution in [0.2, 0.25) is 0 Å². The number of aromatic nitrogens is 2. The van der Waals surface area contributed by atoms with Crippen LogP contribution in [0.4, 0.5) is 4.39 Å². The van der Waals surface area contributed by atoms with Gasteiger partial charge in [-0.25, -0.2) is 4.39 Å². The maximum atomic E-state index is 13.5. The summed E-state index contributed by atoms with van der Waals surface area (Å²) in [4.78, 5) is 4.35. The van der Waals surface area contributed by atoms with Gasteiger partial charge in [-0.3, -0.25) is 9.67 Å². The first-order valence-corrected chi connectivity index (χ1v) is 10.2. The number of aryl methyl sites for hydroxylation is 2. The minimum atomic E-state index is -0.255. The molecule has 0 spiro atoms. The van der Waals surface area contributed by atoms with E-state index in [-0.39, 0.29) is 35.8 Å². The molecule has 30 heavy (non-hydrogen) atoms. The van der Waals surface area contributed by atoms with Gasteiger partial charge in [0.1, 0.15) is 17.2 Å². The second-order valence-electron chi connectivity index (χ2n) is 7.98. The van der Waals surface area contributed by atoms with E-state index in [1.165, 1.54) is 23.4 Å². The molecule has 8 heteroatoms. The second-order valence-corrected chi connectivity index (χ2v) is 7.98. The fourth-order valence-corrected chi connectivity index (χ4v) is 3.86. The van der Waals surface area contributed by atoms with E-state index in [0.717, 1.165) is 41.9 Å². The van der Waals surface area contributed by atoms with Gasteiger partial charge in [0.2, 0.25) is 0 Å². The molecular weight excluding hydrogens is 496 g/mol. The largest absolute Gasteiger partial charge is 0.459 e. The van der Waals surface area contributed by atoms with Gasteiger partial charge < -0.3 is 15.1 Å². The first-order chi connectivity index (χ1) is 13.9. The lowest BCUT2D eigenvalue weighted by molar-refractivity contribution is 0.494. The van der Waals surface area contributed by atoms with Gasteiger partial charge in [-0.2, -0.15) is 5.10 Å². The van der Waals surface area contributed by atoms with Crippen molar-refractivity contribution >= 4 is 40.9 Å². The van der Waals surface area contributed by atoms with Crippen LogP contribution in [0.25, 0.3) is 11.0 Å². The van der Waals surface area contributed by atoms with Crippen LogP contribution in [0, 0.1) is 12.7 Å². The van der Waals surface area contributed by atoms with Gasteiger partial charge >= 0.3 is 0 Å². The van der Waals surface area contributed by atoms with Gasteiger partial charge in [-0.05, 0) is 57.4 Å². The highest BCUT2D eigenvalue weighted by Gasteiger charge is 2.23. The molecule has 2 N–H and O–H groups in total. The zero-order valence-corrected chi connectivity index (χ0v) is 20.2. The number of rotatable bonds is 4. The summed E-state index contributed by atoms with van der Waals surface area (Å²) in [6, 6.07) is 5.27. The Morgan fingerprint density at radius 3 is 2.93 bits per heavy atom. The zero-order chi connectivity index (χ0) is 20.5. The van der Waals surface area contributed by atoms with Crippen LogP contribution >= 0.6 is 24.0 Å². The third-order valence-electron chi connectivity index (χ3n) is 5.60. The van der Waals surface area contributed by atoms with Gasteiger partial charge in [0.15, 0.2) is 5.96 Å². The molecule has 0 radical (unpaired) electrons. The van der Waals surface area contributed by atoms with Crippen LogP contribution in [0.1, 0.15) is 48.9 Å². The van der Waals surface area contributed by atoms with Gasteiger partial charge in [-0.1, -0.05) is 0 Å². The van der Waals surface area contributed by atoms with Crippen LogP contribution in [0.15, 0.2) is 33.8 Å². The lowest BCUT2D eigenvalue weighted by Crippen LogP contribution is -2.45. The minimum absolute atomic E-state index is 0. The average Bonchev–Trinajstić information content (AvgIpc) is 3.26. The van der Waals surface area contributed by atoms with E-state index in [4.69, 9.17) is 9.52 Å². The molecule has 6 nitrogen and oxygen atoms in total. The Morgan fingerprint density at radius 2 is 2.20 bits per heavy atom. The van der Waals surface area contributed by atoms with Crippen molar-refractivity contribution in [2.24, 2.45) is 4.99 Å². The topological polar surface area (TPSA) is 67.4 Å². The maximum Gasteiger partial charge on any atom is 0.191 e. The number of aliphatic imine (C=N–C) groups is 1. The summed E-state index contributed by atoms with van der Waals surface area (Å²) >= 11 is 0. The van der Waals surface area contributed by atoms with E-state index in [2.05, 4.69) is 35.7 Å². The van der Waals surface area contributed by atoms with Gasteiger partial charge in [0.25, 0.3) is 0 Å². The zero-order valence-electron chi connectivity index (χ0n) is 17.8. The Bertz CT molecular complexity index is 1060. The van der Waals surface area contributed by atoms with Crippen molar-refractivity contribution in [2.75, 3.05) is 7.05 Å². The molecule has 2 heterocycles. The molecule has 1 unspecified atom stereocenters. The van der Waals surface area contributed by atoms with Crippen molar-refractivity contribution < 1.29 is 8.81 Å². The number of fused-ring (bicyclic) bond motifs is 2. The number of halogens is 2. The van der Waals surface area contributed by atoms with E-state index < -0.39 is 0 Å². The Balaban J connectivity index is 0.00000256. The number of hydrogen-bond acceptors (Lipinski definition) is 3. The lowest BCUT2D eigenvalue weighted by atomic mass is 9.94. The maximum absolute atomic E-state index is 13.5. The first-order valence-electron chi connectivity index (χ1n) is 10.2. The number of guanidine groups is 1. The monoisotopic (exact) mass is 525 g/mol. The SMILES string of the molecule is CN=C(NCc1oc2ccc(F)cc2c1C)NC1CCc2cn(C(C)C)nc2C1.I. The Labute approximate surface area is 193 Å². The predicted octanol–water partition coefficient (Wildman–Crippen LogP) is 4.50. The fraction of sp³-hybridized carbons (Fsp3) is 0.455. The highest BCUT2D eigenvalue weighted by molar-refractivity contribution is 14.0.